The molecule has 1 rings (SSSR count). The molecule has 1 fully saturated rings. The van der Waals surface area contributed by atoms with E-state index < -0.39 is 0 Å². The summed E-state index contributed by atoms with van der Waals surface area (Å²) in [6.07, 6.45) is 5.71. The molecule has 0 aliphatic heterocycles. The molecule has 0 N–H and O–H groups in total. The smallest absolute Gasteiger partial charge is 0.0326 e. The van der Waals surface area contributed by atoms with E-state index in [1.807, 2.05) is 0 Å². The van der Waals surface area contributed by atoms with Crippen molar-refractivity contribution < 1.29 is 0 Å². The van der Waals surface area contributed by atoms with E-state index in [4.69, 9.17) is 0 Å². The Morgan fingerprint density at radius 1 is 1.23 bits per heavy atom. The van der Waals surface area contributed by atoms with E-state index in [9.17, 15) is 0 Å². The average molecular weight is 182 g/mol. The van der Waals surface area contributed by atoms with Gasteiger partial charge in [0.15, 0.2) is 0 Å². The molecule has 0 heteroatoms. The lowest BCUT2D eigenvalue weighted by Gasteiger charge is -2.45. The third kappa shape index (κ3) is 2.27. The monoisotopic (exact) mass is 182 g/mol. The summed E-state index contributed by atoms with van der Waals surface area (Å²) in [5.41, 5.74) is 0.587. The van der Waals surface area contributed by atoms with Crippen LogP contribution < -0.4 is 0 Å². The van der Waals surface area contributed by atoms with Gasteiger partial charge >= 0.3 is 0 Å². The average Bonchev–Trinajstić information content (AvgIpc) is 2.07. The van der Waals surface area contributed by atoms with E-state index in [2.05, 4.69) is 34.6 Å². The van der Waals surface area contributed by atoms with E-state index in [-0.39, 0.29) is 0 Å². The second-order valence-corrected chi connectivity index (χ2v) is 5.72. The van der Waals surface area contributed by atoms with Crippen LogP contribution in [0, 0.1) is 23.2 Å². The minimum atomic E-state index is 0.587. The van der Waals surface area contributed by atoms with E-state index in [0.717, 1.165) is 17.8 Å². The first-order valence-corrected chi connectivity index (χ1v) is 5.99. The van der Waals surface area contributed by atoms with Crippen LogP contribution in [0.2, 0.25) is 0 Å². The standard InChI is InChI=1S/C13H26/c1-6-7-12-8-9-13(4,5)11(3)10(12)2/h10-12H,6-9H2,1-5H3/t10-,11?,12+/m1/s1. The maximum absolute atomic E-state index is 2.46. The first-order valence-electron chi connectivity index (χ1n) is 5.99. The largest absolute Gasteiger partial charge is 0.0654 e. The van der Waals surface area contributed by atoms with Crippen LogP contribution in [0.25, 0.3) is 0 Å². The molecule has 13 heavy (non-hydrogen) atoms. The molecular formula is C13H26. The van der Waals surface area contributed by atoms with Gasteiger partial charge in [0.1, 0.15) is 0 Å². The number of hydrogen-bond acceptors (Lipinski definition) is 0. The Morgan fingerprint density at radius 2 is 1.85 bits per heavy atom. The SMILES string of the molecule is CCC[C@H]1CCC(C)(C)C(C)[C@H]1C. The second-order valence-electron chi connectivity index (χ2n) is 5.72. The van der Waals surface area contributed by atoms with Crippen LogP contribution in [0.5, 0.6) is 0 Å². The van der Waals surface area contributed by atoms with Gasteiger partial charge < -0.3 is 0 Å². The van der Waals surface area contributed by atoms with Gasteiger partial charge in [0.2, 0.25) is 0 Å². The zero-order valence-corrected chi connectivity index (χ0v) is 10.1. The molecule has 0 nitrogen and oxygen atoms in total. The third-order valence-corrected chi connectivity index (χ3v) is 4.58. The van der Waals surface area contributed by atoms with Crippen LogP contribution >= 0.6 is 0 Å². The first-order chi connectivity index (χ1) is 5.99. The first kappa shape index (κ1) is 11.1. The fraction of sp³-hybridized carbons (Fsp3) is 1.00. The van der Waals surface area contributed by atoms with Gasteiger partial charge in [0, 0.05) is 0 Å². The summed E-state index contributed by atoms with van der Waals surface area (Å²) in [7, 11) is 0. The molecule has 1 saturated carbocycles. The van der Waals surface area contributed by atoms with Crippen molar-refractivity contribution in [3.05, 3.63) is 0 Å². The molecule has 0 aromatic carbocycles. The molecule has 1 aliphatic carbocycles. The highest BCUT2D eigenvalue weighted by Crippen LogP contribution is 2.47. The van der Waals surface area contributed by atoms with Crippen LogP contribution in [0.3, 0.4) is 0 Å². The molecule has 3 atom stereocenters. The van der Waals surface area contributed by atoms with Crippen molar-refractivity contribution in [2.24, 2.45) is 23.2 Å². The van der Waals surface area contributed by atoms with Crippen LogP contribution in [-0.2, 0) is 0 Å². The quantitative estimate of drug-likeness (QED) is 0.590. The fourth-order valence-corrected chi connectivity index (χ4v) is 2.95. The topological polar surface area (TPSA) is 0 Å². The minimum absolute atomic E-state index is 0.587. The normalized spacial score (nSPS) is 39.0. The van der Waals surface area contributed by atoms with Gasteiger partial charge in [0.25, 0.3) is 0 Å². The predicted molar refractivity (Wildman–Crippen MR) is 59.7 cm³/mol. The number of hydrogen-bond donors (Lipinski definition) is 0. The molecule has 1 unspecified atom stereocenters. The van der Waals surface area contributed by atoms with E-state index in [1.165, 1.54) is 25.7 Å². The van der Waals surface area contributed by atoms with Crippen molar-refractivity contribution in [1.82, 2.24) is 0 Å². The summed E-state index contributed by atoms with van der Waals surface area (Å²) in [4.78, 5) is 0. The Morgan fingerprint density at radius 3 is 2.38 bits per heavy atom. The van der Waals surface area contributed by atoms with Gasteiger partial charge in [-0.2, -0.15) is 0 Å². The molecule has 0 spiro atoms. The summed E-state index contributed by atoms with van der Waals surface area (Å²) in [5, 5.41) is 0. The van der Waals surface area contributed by atoms with Crippen molar-refractivity contribution in [3.8, 4) is 0 Å². The van der Waals surface area contributed by atoms with Crippen molar-refractivity contribution >= 4 is 0 Å². The molecule has 0 aromatic rings. The Balaban J connectivity index is 2.59. The van der Waals surface area contributed by atoms with Crippen LogP contribution in [0.4, 0.5) is 0 Å². The van der Waals surface area contributed by atoms with Gasteiger partial charge in [-0.15, -0.1) is 0 Å². The summed E-state index contributed by atoms with van der Waals surface area (Å²) >= 11 is 0. The summed E-state index contributed by atoms with van der Waals surface area (Å²) in [6.45, 7) is 12.1. The summed E-state index contributed by atoms with van der Waals surface area (Å²) in [5.74, 6) is 2.84. The Labute approximate surface area is 84.1 Å². The molecular weight excluding hydrogens is 156 g/mol. The lowest BCUT2D eigenvalue weighted by molar-refractivity contribution is 0.0468. The lowest BCUT2D eigenvalue weighted by Crippen LogP contribution is -2.36. The van der Waals surface area contributed by atoms with Gasteiger partial charge in [-0.25, -0.2) is 0 Å². The molecule has 0 heterocycles. The zero-order valence-electron chi connectivity index (χ0n) is 10.1. The Kier molecular flexibility index (Phi) is 3.43. The summed E-state index contributed by atoms with van der Waals surface area (Å²) < 4.78 is 0. The predicted octanol–water partition coefficient (Wildman–Crippen LogP) is 4.49. The van der Waals surface area contributed by atoms with E-state index in [1.54, 1.807) is 0 Å². The van der Waals surface area contributed by atoms with Crippen LogP contribution in [0.15, 0.2) is 0 Å². The van der Waals surface area contributed by atoms with Gasteiger partial charge in [-0.1, -0.05) is 47.5 Å². The molecule has 0 saturated heterocycles. The molecule has 0 amide bonds. The fourth-order valence-electron chi connectivity index (χ4n) is 2.95. The van der Waals surface area contributed by atoms with Gasteiger partial charge in [0.05, 0.1) is 0 Å². The highest BCUT2D eigenvalue weighted by molar-refractivity contribution is 4.87. The highest BCUT2D eigenvalue weighted by atomic mass is 14.4. The highest BCUT2D eigenvalue weighted by Gasteiger charge is 2.38. The second kappa shape index (κ2) is 4.02. The lowest BCUT2D eigenvalue weighted by atomic mass is 9.60. The Bertz CT molecular complexity index is 157. The third-order valence-electron chi connectivity index (χ3n) is 4.58. The van der Waals surface area contributed by atoms with Crippen LogP contribution in [-0.4, -0.2) is 0 Å². The Hall–Kier alpha value is 0. The summed E-state index contributed by atoms with van der Waals surface area (Å²) in [6, 6.07) is 0. The maximum Gasteiger partial charge on any atom is -0.0326 e. The van der Waals surface area contributed by atoms with E-state index in [0.29, 0.717) is 5.41 Å². The molecule has 0 bridgehead atoms. The molecule has 0 aromatic heterocycles. The zero-order chi connectivity index (χ0) is 10.1. The van der Waals surface area contributed by atoms with Crippen molar-refractivity contribution in [1.29, 1.82) is 0 Å². The molecule has 1 aliphatic rings. The maximum atomic E-state index is 2.46. The molecule has 78 valence electrons. The van der Waals surface area contributed by atoms with E-state index >= 15 is 0 Å². The number of rotatable bonds is 2. The van der Waals surface area contributed by atoms with Crippen molar-refractivity contribution in [3.63, 3.8) is 0 Å². The van der Waals surface area contributed by atoms with Crippen molar-refractivity contribution in [2.45, 2.75) is 60.3 Å². The molecule has 0 radical (unpaired) electrons. The van der Waals surface area contributed by atoms with Crippen molar-refractivity contribution in [2.75, 3.05) is 0 Å². The van der Waals surface area contributed by atoms with Crippen LogP contribution in [0.1, 0.15) is 60.3 Å². The van der Waals surface area contributed by atoms with Gasteiger partial charge in [-0.05, 0) is 36.0 Å². The van der Waals surface area contributed by atoms with Gasteiger partial charge in [-0.3, -0.25) is 0 Å². The minimum Gasteiger partial charge on any atom is -0.0654 e.